The van der Waals surface area contributed by atoms with Crippen LogP contribution in [-0.2, 0) is 6.54 Å². The van der Waals surface area contributed by atoms with Crippen molar-refractivity contribution < 1.29 is 14.2 Å². The molecule has 4 nitrogen and oxygen atoms in total. The van der Waals surface area contributed by atoms with Crippen LogP contribution in [0.25, 0.3) is 0 Å². The van der Waals surface area contributed by atoms with Gasteiger partial charge in [0.2, 0.25) is 0 Å². The largest absolute Gasteiger partial charge is 0.493 e. The molecule has 0 fully saturated rings. The first-order valence-electron chi connectivity index (χ1n) is 7.26. The van der Waals surface area contributed by atoms with Crippen LogP contribution in [0.3, 0.4) is 0 Å². The molecule has 0 aromatic heterocycles. The van der Waals surface area contributed by atoms with E-state index in [4.69, 9.17) is 49.0 Å². The Morgan fingerprint density at radius 2 is 1.67 bits per heavy atom. The molecule has 2 aromatic carbocycles. The Balaban J connectivity index is 1.97. The highest BCUT2D eigenvalue weighted by Gasteiger charge is 2.12. The second-order valence-electron chi connectivity index (χ2n) is 4.91. The number of hydrogen-bond donors (Lipinski definition) is 1. The van der Waals surface area contributed by atoms with E-state index in [0.717, 1.165) is 5.56 Å². The lowest BCUT2D eigenvalue weighted by Gasteiger charge is -2.15. The first-order chi connectivity index (χ1) is 11.5. The maximum atomic E-state index is 6.28. The molecule has 0 atom stereocenters. The maximum Gasteiger partial charge on any atom is 0.179 e. The van der Waals surface area contributed by atoms with E-state index in [1.807, 2.05) is 19.2 Å². The summed E-state index contributed by atoms with van der Waals surface area (Å²) in [5.74, 6) is 1.57. The van der Waals surface area contributed by atoms with Gasteiger partial charge in [-0.05, 0) is 36.9 Å². The van der Waals surface area contributed by atoms with E-state index in [0.29, 0.717) is 38.9 Å². The van der Waals surface area contributed by atoms with Gasteiger partial charge in [-0.25, -0.2) is 0 Å². The molecule has 0 radical (unpaired) electrons. The first kappa shape index (κ1) is 19.0. The van der Waals surface area contributed by atoms with Gasteiger partial charge in [-0.15, -0.1) is 0 Å². The lowest BCUT2D eigenvalue weighted by atomic mass is 10.2. The summed E-state index contributed by atoms with van der Waals surface area (Å²) in [4.78, 5) is 0. The van der Waals surface area contributed by atoms with Crippen LogP contribution in [-0.4, -0.2) is 27.4 Å². The Bertz CT molecular complexity index is 695. The number of rotatable bonds is 8. The minimum absolute atomic E-state index is 0.282. The second-order valence-corrected chi connectivity index (χ2v) is 6.16. The molecule has 0 aliphatic carbocycles. The Hall–Kier alpha value is -1.33. The molecular weight excluding hydrogens is 373 g/mol. The highest BCUT2D eigenvalue weighted by atomic mass is 35.5. The van der Waals surface area contributed by atoms with Crippen molar-refractivity contribution in [3.63, 3.8) is 0 Å². The average Bonchev–Trinajstić information content (AvgIpc) is 2.56. The second kappa shape index (κ2) is 9.23. The monoisotopic (exact) mass is 389 g/mol. The van der Waals surface area contributed by atoms with Gasteiger partial charge in [0.1, 0.15) is 19.0 Å². The minimum Gasteiger partial charge on any atom is -0.493 e. The first-order valence-corrected chi connectivity index (χ1v) is 8.40. The van der Waals surface area contributed by atoms with Crippen molar-refractivity contribution in [2.24, 2.45) is 0 Å². The topological polar surface area (TPSA) is 39.7 Å². The van der Waals surface area contributed by atoms with E-state index < -0.39 is 0 Å². The van der Waals surface area contributed by atoms with E-state index in [2.05, 4.69) is 5.32 Å². The Morgan fingerprint density at radius 3 is 2.38 bits per heavy atom. The van der Waals surface area contributed by atoms with Gasteiger partial charge in [0.15, 0.2) is 11.5 Å². The molecule has 0 aliphatic heterocycles. The summed E-state index contributed by atoms with van der Waals surface area (Å²) >= 11 is 18.2. The quantitative estimate of drug-likeness (QED) is 0.655. The van der Waals surface area contributed by atoms with Gasteiger partial charge < -0.3 is 19.5 Å². The van der Waals surface area contributed by atoms with Crippen molar-refractivity contribution >= 4 is 34.8 Å². The zero-order chi connectivity index (χ0) is 17.5. The van der Waals surface area contributed by atoms with Gasteiger partial charge in [-0.2, -0.15) is 0 Å². The van der Waals surface area contributed by atoms with Crippen molar-refractivity contribution in [2.45, 2.75) is 6.54 Å². The summed E-state index contributed by atoms with van der Waals surface area (Å²) in [6, 6.07) is 8.76. The normalized spacial score (nSPS) is 10.5. The van der Waals surface area contributed by atoms with E-state index in [1.165, 1.54) is 0 Å². The molecule has 2 rings (SSSR count). The number of halogens is 3. The van der Waals surface area contributed by atoms with Gasteiger partial charge in [0.25, 0.3) is 0 Å². The Kier molecular flexibility index (Phi) is 7.31. The van der Waals surface area contributed by atoms with Gasteiger partial charge in [0.05, 0.1) is 17.2 Å². The summed E-state index contributed by atoms with van der Waals surface area (Å²) in [6.07, 6.45) is 0. The van der Waals surface area contributed by atoms with Crippen LogP contribution >= 0.6 is 34.8 Å². The summed E-state index contributed by atoms with van der Waals surface area (Å²) in [7, 11) is 3.44. The zero-order valence-electron chi connectivity index (χ0n) is 13.4. The molecule has 130 valence electrons. The van der Waals surface area contributed by atoms with Gasteiger partial charge in [-0.3, -0.25) is 0 Å². The highest BCUT2D eigenvalue weighted by Crippen LogP contribution is 2.36. The molecule has 0 amide bonds. The van der Waals surface area contributed by atoms with Crippen molar-refractivity contribution in [1.29, 1.82) is 0 Å². The van der Waals surface area contributed by atoms with Crippen molar-refractivity contribution in [3.8, 4) is 17.2 Å². The van der Waals surface area contributed by atoms with Gasteiger partial charge in [-0.1, -0.05) is 34.8 Å². The van der Waals surface area contributed by atoms with E-state index in [-0.39, 0.29) is 13.2 Å². The third-order valence-corrected chi connectivity index (χ3v) is 3.98. The summed E-state index contributed by atoms with van der Waals surface area (Å²) in [5.41, 5.74) is 1.01. The minimum atomic E-state index is 0.282. The van der Waals surface area contributed by atoms with Crippen LogP contribution in [0.4, 0.5) is 0 Å². The number of hydrogen-bond acceptors (Lipinski definition) is 4. The SMILES string of the molecule is CNCc1cc(Cl)c(OCCOc2cc(Cl)ccc2Cl)c(OC)c1. The fourth-order valence-corrected chi connectivity index (χ4v) is 2.72. The van der Waals surface area contributed by atoms with Crippen LogP contribution < -0.4 is 19.5 Å². The summed E-state index contributed by atoms with van der Waals surface area (Å²) < 4.78 is 16.6. The lowest BCUT2D eigenvalue weighted by Crippen LogP contribution is -2.11. The molecule has 2 aromatic rings. The van der Waals surface area contributed by atoms with Gasteiger partial charge in [0, 0.05) is 17.6 Å². The predicted molar refractivity (Wildman–Crippen MR) is 98.2 cm³/mol. The third kappa shape index (κ3) is 5.08. The lowest BCUT2D eigenvalue weighted by molar-refractivity contribution is 0.211. The van der Waals surface area contributed by atoms with Crippen LogP contribution in [0, 0.1) is 0 Å². The molecule has 0 heterocycles. The van der Waals surface area contributed by atoms with Gasteiger partial charge >= 0.3 is 0 Å². The average molecular weight is 391 g/mol. The molecular formula is C17H18Cl3NO3. The number of methoxy groups -OCH3 is 1. The summed E-state index contributed by atoms with van der Waals surface area (Å²) in [6.45, 7) is 1.26. The number of nitrogens with one attached hydrogen (secondary N) is 1. The molecule has 0 saturated heterocycles. The highest BCUT2D eigenvalue weighted by molar-refractivity contribution is 6.34. The molecule has 0 unspecified atom stereocenters. The van der Waals surface area contributed by atoms with E-state index >= 15 is 0 Å². The Morgan fingerprint density at radius 1 is 0.917 bits per heavy atom. The standard InChI is InChI=1S/C17H18Cl3NO3/c1-21-10-11-7-14(20)17(16(8-11)22-2)24-6-5-23-15-9-12(18)3-4-13(15)19/h3-4,7-9,21H,5-6,10H2,1-2H3. The van der Waals surface area contributed by atoms with Crippen LogP contribution in [0.2, 0.25) is 15.1 Å². The molecule has 1 N–H and O–H groups in total. The molecule has 0 aliphatic rings. The molecule has 24 heavy (non-hydrogen) atoms. The molecule has 0 saturated carbocycles. The third-order valence-electron chi connectivity index (χ3n) is 3.15. The predicted octanol–water partition coefficient (Wildman–Crippen LogP) is 4.83. The Labute approximate surface area is 156 Å². The van der Waals surface area contributed by atoms with Crippen molar-refractivity contribution in [1.82, 2.24) is 5.32 Å². The fourth-order valence-electron chi connectivity index (χ4n) is 2.10. The number of benzene rings is 2. The van der Waals surface area contributed by atoms with Crippen LogP contribution in [0.1, 0.15) is 5.56 Å². The van der Waals surface area contributed by atoms with Crippen molar-refractivity contribution in [3.05, 3.63) is 51.0 Å². The molecule has 0 bridgehead atoms. The van der Waals surface area contributed by atoms with E-state index in [9.17, 15) is 0 Å². The molecule has 0 spiro atoms. The maximum absolute atomic E-state index is 6.28. The van der Waals surface area contributed by atoms with E-state index in [1.54, 1.807) is 25.3 Å². The van der Waals surface area contributed by atoms with Crippen molar-refractivity contribution in [2.75, 3.05) is 27.4 Å². The van der Waals surface area contributed by atoms with Crippen LogP contribution in [0.5, 0.6) is 17.2 Å². The number of ether oxygens (including phenoxy) is 3. The fraction of sp³-hybridized carbons (Fsp3) is 0.294. The zero-order valence-corrected chi connectivity index (χ0v) is 15.6. The summed E-state index contributed by atoms with van der Waals surface area (Å²) in [5, 5.41) is 4.60. The smallest absolute Gasteiger partial charge is 0.179 e. The molecule has 7 heteroatoms. The van der Waals surface area contributed by atoms with Crippen LogP contribution in [0.15, 0.2) is 30.3 Å².